The highest BCUT2D eigenvalue weighted by Gasteiger charge is 2.56. The summed E-state index contributed by atoms with van der Waals surface area (Å²) in [4.78, 5) is 0. The summed E-state index contributed by atoms with van der Waals surface area (Å²) in [5, 5.41) is 3.56. The summed E-state index contributed by atoms with van der Waals surface area (Å²) < 4.78 is 29.9. The van der Waals surface area contributed by atoms with E-state index in [1.807, 2.05) is 0 Å². The molecule has 3 unspecified atom stereocenters. The molecule has 3 rings (SSSR count). The first-order chi connectivity index (χ1) is 9.57. The lowest BCUT2D eigenvalue weighted by Crippen LogP contribution is -2.48. The number of hydrogen-bond donors (Lipinski definition) is 1. The highest BCUT2D eigenvalue weighted by atomic mass is 32.2. The summed E-state index contributed by atoms with van der Waals surface area (Å²) in [5.74, 6) is 1.74. The average molecular weight is 301 g/mol. The molecule has 20 heavy (non-hydrogen) atoms. The smallest absolute Gasteiger partial charge is 0.150 e. The van der Waals surface area contributed by atoms with E-state index in [1.54, 1.807) is 0 Å². The van der Waals surface area contributed by atoms with E-state index >= 15 is 0 Å². The summed E-state index contributed by atoms with van der Waals surface area (Å²) in [7, 11) is -2.81. The number of sulfone groups is 1. The van der Waals surface area contributed by atoms with Gasteiger partial charge in [-0.25, -0.2) is 8.42 Å². The van der Waals surface area contributed by atoms with Crippen LogP contribution in [-0.2, 0) is 14.6 Å². The van der Waals surface area contributed by atoms with Crippen molar-refractivity contribution < 1.29 is 13.2 Å². The van der Waals surface area contributed by atoms with Gasteiger partial charge in [0.15, 0.2) is 9.84 Å². The maximum atomic E-state index is 11.9. The molecular formula is C15H27NO3S. The van der Waals surface area contributed by atoms with Crippen molar-refractivity contribution in [3.63, 3.8) is 0 Å². The maximum Gasteiger partial charge on any atom is 0.150 e. The van der Waals surface area contributed by atoms with E-state index in [0.717, 1.165) is 39.0 Å². The Kier molecular flexibility index (Phi) is 4.13. The van der Waals surface area contributed by atoms with E-state index in [1.165, 1.54) is 12.8 Å². The minimum absolute atomic E-state index is 0.0694. The minimum atomic E-state index is -2.81. The van der Waals surface area contributed by atoms with Crippen LogP contribution in [0.2, 0.25) is 0 Å². The van der Waals surface area contributed by atoms with Crippen molar-refractivity contribution in [2.75, 3.05) is 31.2 Å². The van der Waals surface area contributed by atoms with Crippen molar-refractivity contribution in [3.8, 4) is 0 Å². The molecule has 2 heterocycles. The van der Waals surface area contributed by atoms with Crippen LogP contribution in [0.15, 0.2) is 0 Å². The molecule has 0 aromatic rings. The van der Waals surface area contributed by atoms with Gasteiger partial charge in [-0.3, -0.25) is 0 Å². The van der Waals surface area contributed by atoms with Crippen LogP contribution in [0.5, 0.6) is 0 Å². The molecule has 2 saturated heterocycles. The molecule has 3 atom stereocenters. The molecule has 1 N–H and O–H groups in total. The van der Waals surface area contributed by atoms with E-state index in [9.17, 15) is 8.42 Å². The van der Waals surface area contributed by atoms with Crippen molar-refractivity contribution in [1.82, 2.24) is 5.32 Å². The molecule has 2 aliphatic heterocycles. The first-order valence-electron chi connectivity index (χ1n) is 8.10. The largest absolute Gasteiger partial charge is 0.377 e. The standard InChI is InChI=1S/C15H27NO3S/c1-2-7-16-11-15(13-5-9-20(17,18)10-13)6-8-19-14(15)12-3-4-12/h12-14,16H,2-11H2,1H3. The van der Waals surface area contributed by atoms with Gasteiger partial charge in [0.05, 0.1) is 17.6 Å². The fourth-order valence-corrected chi connectivity index (χ4v) is 6.13. The van der Waals surface area contributed by atoms with Crippen LogP contribution in [0.4, 0.5) is 0 Å². The van der Waals surface area contributed by atoms with Crippen LogP contribution in [-0.4, -0.2) is 45.7 Å². The first-order valence-corrected chi connectivity index (χ1v) is 9.92. The highest BCUT2D eigenvalue weighted by Crippen LogP contribution is 2.53. The highest BCUT2D eigenvalue weighted by molar-refractivity contribution is 7.91. The second-order valence-corrected chi connectivity index (χ2v) is 9.12. The third kappa shape index (κ3) is 2.77. The third-order valence-electron chi connectivity index (χ3n) is 5.41. The minimum Gasteiger partial charge on any atom is -0.377 e. The number of rotatable bonds is 6. The van der Waals surface area contributed by atoms with Crippen molar-refractivity contribution in [2.24, 2.45) is 17.3 Å². The lowest BCUT2D eigenvalue weighted by Gasteiger charge is -2.39. The monoisotopic (exact) mass is 301 g/mol. The molecule has 3 aliphatic rings. The Labute approximate surface area is 122 Å². The molecule has 3 fully saturated rings. The Bertz CT molecular complexity index is 446. The quantitative estimate of drug-likeness (QED) is 0.757. The molecule has 1 aliphatic carbocycles. The Hall–Kier alpha value is -0.130. The summed E-state index contributed by atoms with van der Waals surface area (Å²) in [6.45, 7) is 4.93. The van der Waals surface area contributed by atoms with Crippen molar-refractivity contribution in [3.05, 3.63) is 0 Å². The molecule has 0 aromatic heterocycles. The summed E-state index contributed by atoms with van der Waals surface area (Å²) in [5.41, 5.74) is 0.0694. The van der Waals surface area contributed by atoms with Gasteiger partial charge in [-0.1, -0.05) is 6.92 Å². The van der Waals surface area contributed by atoms with E-state index in [-0.39, 0.29) is 5.41 Å². The zero-order valence-electron chi connectivity index (χ0n) is 12.4. The van der Waals surface area contributed by atoms with Crippen LogP contribution in [0, 0.1) is 17.3 Å². The van der Waals surface area contributed by atoms with Crippen LogP contribution < -0.4 is 5.32 Å². The predicted molar refractivity (Wildman–Crippen MR) is 79.4 cm³/mol. The van der Waals surface area contributed by atoms with Crippen LogP contribution in [0.25, 0.3) is 0 Å². The van der Waals surface area contributed by atoms with Gasteiger partial charge in [0.2, 0.25) is 0 Å². The lowest BCUT2D eigenvalue weighted by atomic mass is 9.68. The van der Waals surface area contributed by atoms with Gasteiger partial charge in [0.1, 0.15) is 0 Å². The molecule has 0 aromatic carbocycles. The van der Waals surface area contributed by atoms with Gasteiger partial charge in [0, 0.05) is 18.6 Å². The molecule has 116 valence electrons. The fraction of sp³-hybridized carbons (Fsp3) is 1.00. The lowest BCUT2D eigenvalue weighted by molar-refractivity contribution is 0.00509. The van der Waals surface area contributed by atoms with Crippen molar-refractivity contribution in [1.29, 1.82) is 0 Å². The van der Waals surface area contributed by atoms with Gasteiger partial charge >= 0.3 is 0 Å². The average Bonchev–Trinajstić information content (AvgIpc) is 3.05. The normalized spacial score (nSPS) is 40.2. The van der Waals surface area contributed by atoms with E-state index in [2.05, 4.69) is 12.2 Å². The van der Waals surface area contributed by atoms with Crippen molar-refractivity contribution >= 4 is 9.84 Å². The molecule has 0 amide bonds. The van der Waals surface area contributed by atoms with E-state index in [0.29, 0.717) is 29.4 Å². The summed E-state index contributed by atoms with van der Waals surface area (Å²) in [6.07, 6.45) is 5.81. The van der Waals surface area contributed by atoms with Gasteiger partial charge in [-0.2, -0.15) is 0 Å². The SMILES string of the molecule is CCCNCC1(C2CCS(=O)(=O)C2)CCOC1C1CC1. The summed E-state index contributed by atoms with van der Waals surface area (Å²) in [6, 6.07) is 0. The number of nitrogens with one attached hydrogen (secondary N) is 1. The zero-order valence-corrected chi connectivity index (χ0v) is 13.3. The number of hydrogen-bond acceptors (Lipinski definition) is 4. The second kappa shape index (κ2) is 5.58. The molecular weight excluding hydrogens is 274 g/mol. The molecule has 0 bridgehead atoms. The molecule has 1 saturated carbocycles. The van der Waals surface area contributed by atoms with E-state index < -0.39 is 9.84 Å². The van der Waals surface area contributed by atoms with Gasteiger partial charge in [-0.15, -0.1) is 0 Å². The Morgan fingerprint density at radius 1 is 1.30 bits per heavy atom. The molecule has 4 nitrogen and oxygen atoms in total. The Balaban J connectivity index is 1.79. The number of ether oxygens (including phenoxy) is 1. The first kappa shape index (κ1) is 14.8. The topological polar surface area (TPSA) is 55.4 Å². The summed E-state index contributed by atoms with van der Waals surface area (Å²) >= 11 is 0. The predicted octanol–water partition coefficient (Wildman–Crippen LogP) is 1.61. The van der Waals surface area contributed by atoms with Gasteiger partial charge in [0.25, 0.3) is 0 Å². The van der Waals surface area contributed by atoms with E-state index in [4.69, 9.17) is 4.74 Å². The molecule has 5 heteroatoms. The fourth-order valence-electron chi connectivity index (χ4n) is 4.20. The van der Waals surface area contributed by atoms with Crippen LogP contribution in [0.1, 0.15) is 39.0 Å². The zero-order chi connectivity index (χ0) is 14.2. The van der Waals surface area contributed by atoms with Gasteiger partial charge < -0.3 is 10.1 Å². The second-order valence-electron chi connectivity index (χ2n) is 6.89. The van der Waals surface area contributed by atoms with Crippen molar-refractivity contribution in [2.45, 2.75) is 45.1 Å². The molecule has 0 spiro atoms. The maximum absolute atomic E-state index is 11.9. The third-order valence-corrected chi connectivity index (χ3v) is 7.18. The van der Waals surface area contributed by atoms with Gasteiger partial charge in [-0.05, 0) is 50.5 Å². The van der Waals surface area contributed by atoms with Crippen LogP contribution >= 0.6 is 0 Å². The Morgan fingerprint density at radius 3 is 2.70 bits per heavy atom. The Morgan fingerprint density at radius 2 is 2.10 bits per heavy atom. The molecule has 0 radical (unpaired) electrons. The van der Waals surface area contributed by atoms with Crippen LogP contribution in [0.3, 0.4) is 0 Å².